The molecular formula is C21H24N6O4S2. The molecule has 0 atom stereocenters. The molecule has 1 amide bonds. The summed E-state index contributed by atoms with van der Waals surface area (Å²) in [5.74, 6) is 0.666. The Morgan fingerprint density at radius 1 is 1.09 bits per heavy atom. The van der Waals surface area contributed by atoms with Crippen molar-refractivity contribution in [2.45, 2.75) is 17.0 Å². The van der Waals surface area contributed by atoms with E-state index in [9.17, 15) is 13.2 Å². The molecule has 2 heterocycles. The van der Waals surface area contributed by atoms with Crippen LogP contribution in [0.3, 0.4) is 0 Å². The number of tetrazole rings is 1. The minimum absolute atomic E-state index is 0.0949. The number of hydrogen-bond donors (Lipinski definition) is 0. The summed E-state index contributed by atoms with van der Waals surface area (Å²) in [6, 6.07) is 14.0. The number of carbonyl (C=O) groups is 1. The van der Waals surface area contributed by atoms with E-state index in [1.807, 2.05) is 25.1 Å². The highest BCUT2D eigenvalue weighted by Crippen LogP contribution is 2.27. The Morgan fingerprint density at radius 2 is 1.82 bits per heavy atom. The average molecular weight is 489 g/mol. The third-order valence-corrected chi connectivity index (χ3v) is 8.12. The Morgan fingerprint density at radius 3 is 2.52 bits per heavy atom. The SMILES string of the molecule is COc1ccc(C)cc1-n1nnnc1SCC(=O)N1CCN(S(=O)(=O)c2ccccc2)CC1. The first kappa shape index (κ1) is 23.2. The molecular weight excluding hydrogens is 464 g/mol. The highest BCUT2D eigenvalue weighted by atomic mass is 32.2. The summed E-state index contributed by atoms with van der Waals surface area (Å²) in [4.78, 5) is 14.7. The minimum Gasteiger partial charge on any atom is -0.494 e. The van der Waals surface area contributed by atoms with Gasteiger partial charge >= 0.3 is 0 Å². The molecule has 10 nitrogen and oxygen atoms in total. The number of amides is 1. The van der Waals surface area contributed by atoms with Crippen LogP contribution in [0.1, 0.15) is 5.56 Å². The number of methoxy groups -OCH3 is 1. The standard InChI is InChI=1S/C21H24N6O4S2/c1-16-8-9-19(31-2)18(14-16)27-21(22-23-24-27)32-15-20(28)25-10-12-26(13-11-25)33(29,30)17-6-4-3-5-7-17/h3-9,14H,10-13,15H2,1-2H3. The first-order chi connectivity index (χ1) is 15.9. The number of benzene rings is 2. The van der Waals surface area contributed by atoms with Crippen LogP contribution in [-0.2, 0) is 14.8 Å². The van der Waals surface area contributed by atoms with Crippen molar-refractivity contribution in [1.29, 1.82) is 0 Å². The van der Waals surface area contributed by atoms with Gasteiger partial charge in [-0.15, -0.1) is 5.10 Å². The quantitative estimate of drug-likeness (QED) is 0.461. The Labute approximate surface area is 196 Å². The van der Waals surface area contributed by atoms with Crippen molar-refractivity contribution in [2.24, 2.45) is 0 Å². The Balaban J connectivity index is 1.37. The summed E-state index contributed by atoms with van der Waals surface area (Å²) < 4.78 is 33.9. The van der Waals surface area contributed by atoms with Gasteiger partial charge in [-0.2, -0.15) is 8.99 Å². The van der Waals surface area contributed by atoms with E-state index in [0.29, 0.717) is 29.7 Å². The number of aryl methyl sites for hydroxylation is 1. The third kappa shape index (κ3) is 5.02. The van der Waals surface area contributed by atoms with Crippen LogP contribution in [0, 0.1) is 6.92 Å². The van der Waals surface area contributed by atoms with Gasteiger partial charge in [0.15, 0.2) is 0 Å². The molecule has 0 N–H and O–H groups in total. The number of carbonyl (C=O) groups excluding carboxylic acids is 1. The van der Waals surface area contributed by atoms with Crippen LogP contribution in [0.4, 0.5) is 0 Å². The first-order valence-corrected chi connectivity index (χ1v) is 12.7. The van der Waals surface area contributed by atoms with Gasteiger partial charge in [0.1, 0.15) is 11.4 Å². The normalized spacial score (nSPS) is 14.9. The zero-order valence-electron chi connectivity index (χ0n) is 18.3. The number of piperazine rings is 1. The lowest BCUT2D eigenvalue weighted by molar-refractivity contribution is -0.129. The van der Waals surface area contributed by atoms with E-state index in [1.165, 1.54) is 16.1 Å². The predicted molar refractivity (Wildman–Crippen MR) is 123 cm³/mol. The van der Waals surface area contributed by atoms with Gasteiger partial charge in [-0.1, -0.05) is 36.0 Å². The summed E-state index contributed by atoms with van der Waals surface area (Å²) >= 11 is 1.23. The molecule has 1 aliphatic rings. The molecule has 1 aromatic heterocycles. The fraction of sp³-hybridized carbons (Fsp3) is 0.333. The first-order valence-electron chi connectivity index (χ1n) is 10.3. The van der Waals surface area contributed by atoms with Crippen LogP contribution in [0.15, 0.2) is 58.6 Å². The van der Waals surface area contributed by atoms with E-state index in [2.05, 4.69) is 15.5 Å². The smallest absolute Gasteiger partial charge is 0.243 e. The fourth-order valence-electron chi connectivity index (χ4n) is 3.52. The lowest BCUT2D eigenvalue weighted by Gasteiger charge is -2.34. The third-order valence-electron chi connectivity index (χ3n) is 5.30. The maximum absolute atomic E-state index is 12.8. The van der Waals surface area contributed by atoms with E-state index < -0.39 is 10.0 Å². The fourth-order valence-corrected chi connectivity index (χ4v) is 5.75. The Bertz CT molecular complexity index is 1220. The van der Waals surface area contributed by atoms with Gasteiger partial charge < -0.3 is 9.64 Å². The zero-order valence-corrected chi connectivity index (χ0v) is 19.9. The van der Waals surface area contributed by atoms with E-state index in [1.54, 1.807) is 47.0 Å². The van der Waals surface area contributed by atoms with E-state index >= 15 is 0 Å². The largest absolute Gasteiger partial charge is 0.494 e. The molecule has 0 aliphatic carbocycles. The van der Waals surface area contributed by atoms with Crippen LogP contribution in [0.2, 0.25) is 0 Å². The summed E-state index contributed by atoms with van der Waals surface area (Å²) in [5.41, 5.74) is 1.72. The second-order valence-electron chi connectivity index (χ2n) is 7.44. The van der Waals surface area contributed by atoms with Crippen LogP contribution in [0.25, 0.3) is 5.69 Å². The number of ether oxygens (including phenoxy) is 1. The average Bonchev–Trinajstić information content (AvgIpc) is 3.31. The molecule has 1 aliphatic heterocycles. The van der Waals surface area contributed by atoms with Crippen molar-refractivity contribution in [3.05, 3.63) is 54.1 Å². The molecule has 0 spiro atoms. The van der Waals surface area contributed by atoms with Gasteiger partial charge in [0, 0.05) is 26.2 Å². The van der Waals surface area contributed by atoms with E-state index in [-0.39, 0.29) is 29.6 Å². The molecule has 4 rings (SSSR count). The topological polar surface area (TPSA) is 111 Å². The van der Waals surface area contributed by atoms with Gasteiger partial charge in [0.25, 0.3) is 0 Å². The minimum atomic E-state index is -3.56. The molecule has 0 radical (unpaired) electrons. The van der Waals surface area contributed by atoms with Crippen LogP contribution in [0.5, 0.6) is 5.75 Å². The summed E-state index contributed by atoms with van der Waals surface area (Å²) in [6.07, 6.45) is 0. The summed E-state index contributed by atoms with van der Waals surface area (Å²) in [7, 11) is -1.98. The Hall–Kier alpha value is -2.96. The zero-order chi connectivity index (χ0) is 23.4. The van der Waals surface area contributed by atoms with Crippen molar-refractivity contribution >= 4 is 27.7 Å². The summed E-state index contributed by atoms with van der Waals surface area (Å²) in [6.45, 7) is 3.14. The van der Waals surface area contributed by atoms with Crippen molar-refractivity contribution in [1.82, 2.24) is 29.4 Å². The predicted octanol–water partition coefficient (Wildman–Crippen LogP) is 1.60. The second-order valence-corrected chi connectivity index (χ2v) is 10.3. The molecule has 1 saturated heterocycles. The lowest BCUT2D eigenvalue weighted by atomic mass is 10.2. The number of hydrogen-bond acceptors (Lipinski definition) is 8. The van der Waals surface area contributed by atoms with Crippen molar-refractivity contribution in [2.75, 3.05) is 39.0 Å². The molecule has 0 saturated carbocycles. The van der Waals surface area contributed by atoms with E-state index in [0.717, 1.165) is 5.56 Å². The highest BCUT2D eigenvalue weighted by molar-refractivity contribution is 7.99. The Kier molecular flexibility index (Phi) is 6.96. The molecule has 174 valence electrons. The molecule has 0 bridgehead atoms. The van der Waals surface area contributed by atoms with Crippen LogP contribution >= 0.6 is 11.8 Å². The molecule has 12 heteroatoms. The number of thioether (sulfide) groups is 1. The molecule has 0 unspecified atom stereocenters. The molecule has 3 aromatic rings. The second kappa shape index (κ2) is 9.89. The molecule has 1 fully saturated rings. The number of sulfonamides is 1. The lowest BCUT2D eigenvalue weighted by Crippen LogP contribution is -2.50. The number of aromatic nitrogens is 4. The maximum Gasteiger partial charge on any atom is 0.243 e. The van der Waals surface area contributed by atoms with Gasteiger partial charge in [0.2, 0.25) is 21.1 Å². The van der Waals surface area contributed by atoms with Crippen molar-refractivity contribution in [3.8, 4) is 11.4 Å². The van der Waals surface area contributed by atoms with Gasteiger partial charge in [0.05, 0.1) is 17.8 Å². The van der Waals surface area contributed by atoms with Gasteiger partial charge in [-0.3, -0.25) is 4.79 Å². The van der Waals surface area contributed by atoms with Crippen molar-refractivity contribution in [3.63, 3.8) is 0 Å². The monoisotopic (exact) mass is 488 g/mol. The van der Waals surface area contributed by atoms with E-state index in [4.69, 9.17) is 4.74 Å². The van der Waals surface area contributed by atoms with Crippen molar-refractivity contribution < 1.29 is 17.9 Å². The number of rotatable bonds is 7. The van der Waals surface area contributed by atoms with Crippen LogP contribution in [-0.4, -0.2) is 82.8 Å². The number of nitrogens with zero attached hydrogens (tertiary/aromatic N) is 6. The maximum atomic E-state index is 12.8. The van der Waals surface area contributed by atoms with Crippen LogP contribution < -0.4 is 4.74 Å². The molecule has 2 aromatic carbocycles. The van der Waals surface area contributed by atoms with Gasteiger partial charge in [-0.05, 0) is 47.2 Å². The summed E-state index contributed by atoms with van der Waals surface area (Å²) in [5, 5.41) is 12.3. The molecule has 33 heavy (non-hydrogen) atoms. The highest BCUT2D eigenvalue weighted by Gasteiger charge is 2.30. The van der Waals surface area contributed by atoms with Gasteiger partial charge in [-0.25, -0.2) is 8.42 Å².